The van der Waals surface area contributed by atoms with E-state index in [0.29, 0.717) is 6.42 Å². The zero-order chi connectivity index (χ0) is 14.0. The van der Waals surface area contributed by atoms with Gasteiger partial charge in [0, 0.05) is 13.5 Å². The van der Waals surface area contributed by atoms with Gasteiger partial charge in [-0.15, -0.1) is 12.4 Å². The topological polar surface area (TPSA) is 40.6 Å². The number of hydrogen-bond acceptors (Lipinski definition) is 3. The van der Waals surface area contributed by atoms with Gasteiger partial charge >= 0.3 is 0 Å². The molecule has 0 N–H and O–H groups in total. The van der Waals surface area contributed by atoms with Gasteiger partial charge in [0.05, 0.1) is 5.41 Å². The normalized spacial score (nSPS) is 22.3. The van der Waals surface area contributed by atoms with Crippen LogP contribution in [0.15, 0.2) is 30.3 Å². The van der Waals surface area contributed by atoms with Gasteiger partial charge in [-0.3, -0.25) is 14.5 Å². The Labute approximate surface area is 126 Å². The van der Waals surface area contributed by atoms with Gasteiger partial charge in [0.1, 0.15) is 0 Å². The number of benzene rings is 1. The van der Waals surface area contributed by atoms with Crippen molar-refractivity contribution in [3.8, 4) is 0 Å². The fraction of sp³-hybridized carbons (Fsp3) is 0.467. The van der Waals surface area contributed by atoms with Crippen LogP contribution in [0.1, 0.15) is 18.4 Å². The first kappa shape index (κ1) is 16.7. The Morgan fingerprint density at radius 1 is 1.20 bits per heavy atom. The van der Waals surface area contributed by atoms with E-state index >= 15 is 0 Å². The zero-order valence-electron chi connectivity index (χ0n) is 12.1. The van der Waals surface area contributed by atoms with E-state index < -0.39 is 5.41 Å². The van der Waals surface area contributed by atoms with Crippen LogP contribution in [0, 0.1) is 0 Å². The lowest BCUT2D eigenvalue weighted by molar-refractivity contribution is -0.138. The molecule has 1 unspecified atom stereocenters. The lowest BCUT2D eigenvalue weighted by Gasteiger charge is -2.28. The van der Waals surface area contributed by atoms with Crippen molar-refractivity contribution >= 4 is 24.2 Å². The van der Waals surface area contributed by atoms with Crippen LogP contribution >= 0.6 is 12.4 Å². The second kappa shape index (κ2) is 6.37. The molecule has 1 fully saturated rings. The highest BCUT2D eigenvalue weighted by molar-refractivity contribution is 6.08. The van der Waals surface area contributed by atoms with E-state index in [1.165, 1.54) is 4.90 Å². The maximum Gasteiger partial charge on any atom is 0.240 e. The fourth-order valence-corrected chi connectivity index (χ4v) is 2.62. The highest BCUT2D eigenvalue weighted by atomic mass is 35.5. The van der Waals surface area contributed by atoms with Crippen molar-refractivity contribution in [2.75, 3.05) is 27.7 Å². The van der Waals surface area contributed by atoms with Gasteiger partial charge in [-0.2, -0.15) is 0 Å². The SMILES string of the molecule is CN(C)CCC1(c2ccccc2)CC(=O)N(C)C1=O.Cl. The lowest BCUT2D eigenvalue weighted by atomic mass is 9.76. The Balaban J connectivity index is 0.00000200. The zero-order valence-corrected chi connectivity index (χ0v) is 12.9. The number of likely N-dealkylation sites (N-methyl/N-ethyl adjacent to an activating group) is 1. The second-order valence-corrected chi connectivity index (χ2v) is 5.44. The standard InChI is InChI=1S/C15H20N2O2.ClH/c1-16(2)10-9-15(12-7-5-4-6-8-12)11-13(18)17(3)14(15)19;/h4-8H,9-11H2,1-3H3;1H. The van der Waals surface area contributed by atoms with Crippen molar-refractivity contribution in [1.82, 2.24) is 9.80 Å². The van der Waals surface area contributed by atoms with Crippen LogP contribution in [0.5, 0.6) is 0 Å². The van der Waals surface area contributed by atoms with Crippen LogP contribution < -0.4 is 0 Å². The quantitative estimate of drug-likeness (QED) is 0.794. The molecule has 0 bridgehead atoms. The number of carbonyl (C=O) groups excluding carboxylic acids is 2. The summed E-state index contributed by atoms with van der Waals surface area (Å²) >= 11 is 0. The number of hydrogen-bond donors (Lipinski definition) is 0. The molecule has 1 aliphatic rings. The third kappa shape index (κ3) is 2.86. The maximum atomic E-state index is 12.5. The van der Waals surface area contributed by atoms with Gasteiger partial charge in [0.25, 0.3) is 0 Å². The van der Waals surface area contributed by atoms with Crippen molar-refractivity contribution in [3.05, 3.63) is 35.9 Å². The molecular weight excluding hydrogens is 276 g/mol. The Morgan fingerprint density at radius 3 is 2.25 bits per heavy atom. The molecular formula is C15H21ClN2O2. The number of rotatable bonds is 4. The summed E-state index contributed by atoms with van der Waals surface area (Å²) < 4.78 is 0. The molecule has 1 aliphatic heterocycles. The van der Waals surface area contributed by atoms with Crippen molar-refractivity contribution in [2.45, 2.75) is 18.3 Å². The van der Waals surface area contributed by atoms with Gasteiger partial charge < -0.3 is 4.90 Å². The Morgan fingerprint density at radius 2 is 1.80 bits per heavy atom. The molecule has 1 heterocycles. The Kier molecular flexibility index (Phi) is 5.31. The summed E-state index contributed by atoms with van der Waals surface area (Å²) in [6.07, 6.45) is 0.944. The van der Waals surface area contributed by atoms with Crippen LogP contribution in [0.25, 0.3) is 0 Å². The molecule has 0 aliphatic carbocycles. The predicted octanol–water partition coefficient (Wildman–Crippen LogP) is 1.69. The van der Waals surface area contributed by atoms with E-state index in [2.05, 4.69) is 0 Å². The van der Waals surface area contributed by atoms with Gasteiger partial charge in [-0.05, 0) is 32.6 Å². The molecule has 1 aromatic rings. The molecule has 0 aromatic heterocycles. The van der Waals surface area contributed by atoms with E-state index in [-0.39, 0.29) is 30.6 Å². The Bertz CT molecular complexity index is 490. The lowest BCUT2D eigenvalue weighted by Crippen LogP contribution is -2.38. The van der Waals surface area contributed by atoms with E-state index in [9.17, 15) is 9.59 Å². The number of imide groups is 1. The summed E-state index contributed by atoms with van der Waals surface area (Å²) in [6, 6.07) is 9.65. The van der Waals surface area contributed by atoms with E-state index in [1.807, 2.05) is 49.3 Å². The first-order valence-corrected chi connectivity index (χ1v) is 6.48. The van der Waals surface area contributed by atoms with Crippen molar-refractivity contribution in [1.29, 1.82) is 0 Å². The van der Waals surface area contributed by atoms with Crippen molar-refractivity contribution in [3.63, 3.8) is 0 Å². The smallest absolute Gasteiger partial charge is 0.240 e. The molecule has 2 amide bonds. The van der Waals surface area contributed by atoms with Crippen LogP contribution in [0.2, 0.25) is 0 Å². The van der Waals surface area contributed by atoms with E-state index in [0.717, 1.165) is 12.1 Å². The summed E-state index contributed by atoms with van der Waals surface area (Å²) in [7, 11) is 5.53. The predicted molar refractivity (Wildman–Crippen MR) is 80.9 cm³/mol. The average molecular weight is 297 g/mol. The number of amides is 2. The van der Waals surface area contributed by atoms with E-state index in [1.54, 1.807) is 7.05 Å². The summed E-state index contributed by atoms with van der Waals surface area (Å²) in [5.74, 6) is -0.168. The molecule has 1 atom stereocenters. The van der Waals surface area contributed by atoms with Crippen LogP contribution in [-0.2, 0) is 15.0 Å². The molecule has 5 heteroatoms. The number of likely N-dealkylation sites (tertiary alicyclic amines) is 1. The van der Waals surface area contributed by atoms with Gasteiger partial charge in [0.15, 0.2) is 0 Å². The van der Waals surface area contributed by atoms with E-state index in [4.69, 9.17) is 0 Å². The molecule has 4 nitrogen and oxygen atoms in total. The summed E-state index contributed by atoms with van der Waals surface area (Å²) in [5, 5.41) is 0. The summed E-state index contributed by atoms with van der Waals surface area (Å²) in [4.78, 5) is 27.8. The highest BCUT2D eigenvalue weighted by Gasteiger charge is 2.50. The second-order valence-electron chi connectivity index (χ2n) is 5.44. The van der Waals surface area contributed by atoms with Crippen LogP contribution in [0.3, 0.4) is 0 Å². The Hall–Kier alpha value is -1.39. The van der Waals surface area contributed by atoms with Gasteiger partial charge in [0.2, 0.25) is 11.8 Å². The molecule has 2 rings (SSSR count). The van der Waals surface area contributed by atoms with Crippen molar-refractivity contribution in [2.24, 2.45) is 0 Å². The number of nitrogens with zero attached hydrogens (tertiary/aromatic N) is 2. The minimum absolute atomic E-state index is 0. The average Bonchev–Trinajstić information content (AvgIpc) is 2.63. The minimum Gasteiger partial charge on any atom is -0.309 e. The van der Waals surface area contributed by atoms with Gasteiger partial charge in [-0.25, -0.2) is 0 Å². The third-order valence-electron chi connectivity index (χ3n) is 3.85. The number of carbonyl (C=O) groups is 2. The van der Waals surface area contributed by atoms with Gasteiger partial charge in [-0.1, -0.05) is 30.3 Å². The highest BCUT2D eigenvalue weighted by Crippen LogP contribution is 2.39. The first-order chi connectivity index (χ1) is 8.97. The molecule has 1 aromatic carbocycles. The molecule has 0 saturated carbocycles. The third-order valence-corrected chi connectivity index (χ3v) is 3.85. The molecule has 110 valence electrons. The molecule has 0 spiro atoms. The fourth-order valence-electron chi connectivity index (χ4n) is 2.62. The number of halogens is 1. The van der Waals surface area contributed by atoms with Crippen LogP contribution in [0.4, 0.5) is 0 Å². The summed E-state index contributed by atoms with van der Waals surface area (Å²) in [5.41, 5.74) is 0.261. The monoisotopic (exact) mass is 296 g/mol. The first-order valence-electron chi connectivity index (χ1n) is 6.48. The maximum absolute atomic E-state index is 12.5. The molecule has 1 saturated heterocycles. The minimum atomic E-state index is -0.683. The van der Waals surface area contributed by atoms with Crippen molar-refractivity contribution < 1.29 is 9.59 Å². The largest absolute Gasteiger partial charge is 0.309 e. The molecule has 0 radical (unpaired) electrons. The molecule has 20 heavy (non-hydrogen) atoms. The van der Waals surface area contributed by atoms with Crippen LogP contribution in [-0.4, -0.2) is 49.3 Å². The summed E-state index contributed by atoms with van der Waals surface area (Å²) in [6.45, 7) is 0.780.